The van der Waals surface area contributed by atoms with Crippen LogP contribution in [0.4, 0.5) is 5.69 Å². The van der Waals surface area contributed by atoms with Gasteiger partial charge in [0.15, 0.2) is 12.3 Å². The Labute approximate surface area is 304 Å². The zero-order valence-corrected chi connectivity index (χ0v) is 29.5. The van der Waals surface area contributed by atoms with Crippen molar-refractivity contribution in [1.82, 2.24) is 0 Å². The average molecular weight is 707 g/mol. The molecule has 0 atom stereocenters. The number of oxazole rings is 1. The van der Waals surface area contributed by atoms with Gasteiger partial charge in [0.25, 0.3) is 5.52 Å². The van der Waals surface area contributed by atoms with Crippen molar-refractivity contribution < 1.29 is 58.5 Å². The maximum absolute atomic E-state index is 11.4. The van der Waals surface area contributed by atoms with Crippen LogP contribution in [-0.4, -0.2) is 44.0 Å². The molecule has 254 valence electrons. The fourth-order valence-electron chi connectivity index (χ4n) is 5.86. The van der Waals surface area contributed by atoms with Crippen molar-refractivity contribution in [3.8, 4) is 28.0 Å². The molecule has 10 nitrogen and oxygen atoms in total. The van der Waals surface area contributed by atoms with Crippen LogP contribution in [0.5, 0.6) is 5.75 Å². The zero-order valence-electron chi connectivity index (χ0n) is 27.8. The van der Waals surface area contributed by atoms with Gasteiger partial charge in [0.1, 0.15) is 0 Å². The zero-order chi connectivity index (χ0) is 34.6. The minimum absolute atomic E-state index is 0. The summed E-state index contributed by atoms with van der Waals surface area (Å²) in [6.45, 7) is 2.43. The molecule has 0 bridgehead atoms. The molecule has 0 saturated carbocycles. The van der Waals surface area contributed by atoms with E-state index < -0.39 is 31.7 Å². The molecule has 1 aromatic heterocycles. The van der Waals surface area contributed by atoms with E-state index in [1.165, 1.54) is 0 Å². The molecule has 0 saturated heterocycles. The summed E-state index contributed by atoms with van der Waals surface area (Å²) in [5.41, 5.74) is 6.82. The van der Waals surface area contributed by atoms with Crippen molar-refractivity contribution in [2.75, 3.05) is 23.0 Å². The van der Waals surface area contributed by atoms with E-state index in [2.05, 4.69) is 0 Å². The smallest absolute Gasteiger partial charge is 0.748 e. The van der Waals surface area contributed by atoms with Crippen molar-refractivity contribution in [3.05, 3.63) is 120 Å². The van der Waals surface area contributed by atoms with Crippen LogP contribution < -0.4 is 33.1 Å². The molecule has 0 amide bonds. The molecule has 0 aliphatic carbocycles. The second kappa shape index (κ2) is 15.8. The number of hydrogen-bond donors (Lipinski definition) is 0. The van der Waals surface area contributed by atoms with E-state index in [4.69, 9.17) is 9.15 Å². The first kappa shape index (κ1) is 37.1. The fraction of sp³-hybridized carbons (Fsp3) is 0.216. The van der Waals surface area contributed by atoms with Crippen molar-refractivity contribution in [2.45, 2.75) is 32.7 Å². The number of aromatic nitrogens is 1. The SMILES string of the molecule is CCC(/C=C1\Oc2ccc(-c3ccccc3)cc2N1CCCS(=O)(=O)[O-])=C\c1oc2ccc(-c3ccccc3)cc2[n+]1CCCS(=O)(=O)[O-].[Li+]. The predicted molar refractivity (Wildman–Crippen MR) is 186 cm³/mol. The van der Waals surface area contributed by atoms with Gasteiger partial charge in [-0.05, 0) is 58.9 Å². The molecule has 5 aromatic rings. The normalized spacial score (nSPS) is 14.1. The van der Waals surface area contributed by atoms with Crippen LogP contribution in [0.3, 0.4) is 0 Å². The minimum Gasteiger partial charge on any atom is -0.748 e. The summed E-state index contributed by atoms with van der Waals surface area (Å²) in [7, 11) is -8.81. The number of benzene rings is 4. The molecule has 2 heterocycles. The van der Waals surface area contributed by atoms with Gasteiger partial charge in [-0.25, -0.2) is 16.8 Å². The molecule has 1 aliphatic rings. The van der Waals surface area contributed by atoms with E-state index in [-0.39, 0.29) is 44.8 Å². The van der Waals surface area contributed by atoms with Gasteiger partial charge in [0, 0.05) is 36.6 Å². The Morgan fingerprint density at radius 2 is 1.38 bits per heavy atom. The quantitative estimate of drug-likeness (QED) is 0.102. The third-order valence-corrected chi connectivity index (χ3v) is 9.83. The number of anilines is 1. The van der Waals surface area contributed by atoms with E-state index in [1.54, 1.807) is 0 Å². The summed E-state index contributed by atoms with van der Waals surface area (Å²) in [4.78, 5) is 1.87. The summed E-state index contributed by atoms with van der Waals surface area (Å²) < 4.78 is 83.1. The third-order valence-electron chi connectivity index (χ3n) is 8.25. The van der Waals surface area contributed by atoms with Crippen molar-refractivity contribution >= 4 is 43.1 Å². The number of aryl methyl sites for hydroxylation is 1. The van der Waals surface area contributed by atoms with Crippen LogP contribution in [0, 0.1) is 0 Å². The van der Waals surface area contributed by atoms with Crippen LogP contribution in [0.25, 0.3) is 39.4 Å². The molecular weight excluding hydrogens is 671 g/mol. The van der Waals surface area contributed by atoms with E-state index in [1.807, 2.05) is 126 Å². The summed E-state index contributed by atoms with van der Waals surface area (Å²) in [6, 6.07) is 31.3. The second-order valence-electron chi connectivity index (χ2n) is 11.7. The predicted octanol–water partition coefficient (Wildman–Crippen LogP) is 3.46. The number of ether oxygens (including phenoxy) is 1. The maximum Gasteiger partial charge on any atom is 1.00 e. The fourth-order valence-corrected chi connectivity index (χ4v) is 6.83. The number of rotatable bonds is 13. The average Bonchev–Trinajstić information content (AvgIpc) is 3.60. The van der Waals surface area contributed by atoms with Crippen LogP contribution in [0.1, 0.15) is 32.1 Å². The summed E-state index contributed by atoms with van der Waals surface area (Å²) in [5.74, 6) is 0.497. The van der Waals surface area contributed by atoms with E-state index in [9.17, 15) is 25.9 Å². The van der Waals surface area contributed by atoms with Gasteiger partial charge in [-0.1, -0.05) is 79.7 Å². The van der Waals surface area contributed by atoms with Gasteiger partial charge in [-0.3, -0.25) is 0 Å². The largest absolute Gasteiger partial charge is 1.00 e. The van der Waals surface area contributed by atoms with Gasteiger partial charge >= 0.3 is 24.8 Å². The molecule has 0 unspecified atom stereocenters. The van der Waals surface area contributed by atoms with Gasteiger partial charge in [0.05, 0.1) is 32.0 Å². The van der Waals surface area contributed by atoms with Crippen molar-refractivity contribution in [1.29, 1.82) is 0 Å². The van der Waals surface area contributed by atoms with Crippen LogP contribution in [0.2, 0.25) is 0 Å². The molecule has 50 heavy (non-hydrogen) atoms. The molecule has 6 rings (SSSR count). The molecule has 13 heteroatoms. The number of fused-ring (bicyclic) bond motifs is 2. The Bertz CT molecular complexity index is 2250. The van der Waals surface area contributed by atoms with Crippen LogP contribution in [0.15, 0.2) is 119 Å². The molecule has 0 fully saturated rings. The van der Waals surface area contributed by atoms with Gasteiger partial charge < -0.3 is 23.2 Å². The number of allylic oxidation sites excluding steroid dienone is 2. The van der Waals surface area contributed by atoms with E-state index in [0.29, 0.717) is 29.5 Å². The minimum atomic E-state index is -4.41. The van der Waals surface area contributed by atoms with E-state index >= 15 is 0 Å². The molecule has 1 aliphatic heterocycles. The van der Waals surface area contributed by atoms with Gasteiger partial charge in [0.2, 0.25) is 11.5 Å². The molecule has 0 N–H and O–H groups in total. The standard InChI is InChI=1S/C37H36N2O8S2.Li/c1-2-27(23-36-38(19-9-21-48(40,41)42)32-25-30(15-17-34(32)46-36)28-11-5-3-6-12-28)24-37-39(20-10-22-49(43,44)45)33-26-31(16-18-35(33)47-37)29-13-7-4-8-14-29;/h3-8,11-18,23-26H,2,9-10,19-22H2,1H3,(H-,40,41,42,43,44,45);/q;+1/p-1. The first-order valence-electron chi connectivity index (χ1n) is 15.9. The van der Waals surface area contributed by atoms with Crippen molar-refractivity contribution in [3.63, 3.8) is 0 Å². The summed E-state index contributed by atoms with van der Waals surface area (Å²) in [6.07, 6.45) is 4.46. The molecule has 0 spiro atoms. The number of hydrogen-bond acceptors (Lipinski definition) is 9. The monoisotopic (exact) mass is 706 g/mol. The molecule has 0 radical (unpaired) electrons. The maximum atomic E-state index is 11.4. The Morgan fingerprint density at radius 3 is 2.00 bits per heavy atom. The van der Waals surface area contributed by atoms with E-state index in [0.717, 1.165) is 39.0 Å². The third kappa shape index (κ3) is 9.14. The molecule has 4 aromatic carbocycles. The van der Waals surface area contributed by atoms with Crippen molar-refractivity contribution in [2.24, 2.45) is 0 Å². The summed E-state index contributed by atoms with van der Waals surface area (Å²) in [5, 5.41) is 0. The Balaban J connectivity index is 0.00000486. The first-order valence-corrected chi connectivity index (χ1v) is 19.1. The Morgan fingerprint density at radius 1 is 0.780 bits per heavy atom. The second-order valence-corrected chi connectivity index (χ2v) is 14.8. The Hall–Kier alpha value is -4.15. The Kier molecular flexibility index (Phi) is 11.7. The summed E-state index contributed by atoms with van der Waals surface area (Å²) >= 11 is 0. The molecular formula is C37H35LiN2O8S2. The number of nitrogens with zero attached hydrogens (tertiary/aromatic N) is 2. The van der Waals surface area contributed by atoms with Gasteiger partial charge in [-0.2, -0.15) is 4.57 Å². The topological polar surface area (TPSA) is 144 Å². The first-order chi connectivity index (χ1) is 23.5. The van der Waals surface area contributed by atoms with Crippen LogP contribution >= 0.6 is 0 Å². The van der Waals surface area contributed by atoms with Crippen LogP contribution in [-0.2, 0) is 26.8 Å². The van der Waals surface area contributed by atoms with Gasteiger partial charge in [-0.15, -0.1) is 0 Å².